The predicted octanol–water partition coefficient (Wildman–Crippen LogP) is 3.03. The van der Waals surface area contributed by atoms with Gasteiger partial charge in [0, 0.05) is 28.9 Å². The molecule has 0 aliphatic carbocycles. The van der Waals surface area contributed by atoms with E-state index < -0.39 is 6.10 Å². The molecule has 0 fully saturated rings. The second-order valence-corrected chi connectivity index (χ2v) is 4.94. The minimum Gasteiger partial charge on any atom is -0.481 e. The Morgan fingerprint density at radius 3 is 2.57 bits per heavy atom. The van der Waals surface area contributed by atoms with E-state index in [1.54, 1.807) is 19.4 Å². The number of ether oxygens (including phenoxy) is 1. The van der Waals surface area contributed by atoms with Crippen molar-refractivity contribution in [2.24, 2.45) is 0 Å². The number of nitrogens with zero attached hydrogens (tertiary/aromatic N) is 2. The Hall–Kier alpha value is -2.46. The average molecular weight is 280 g/mol. The first-order valence-electron chi connectivity index (χ1n) is 6.73. The standard InChI is InChI=1S/C17H16N2O2/c1-11-3-4-12-9-13(5-7-15(12)19-11)17(20)14-6-8-16(21-2)18-10-14/h3-10,17,20H,1-2H3. The summed E-state index contributed by atoms with van der Waals surface area (Å²) in [5.74, 6) is 0.532. The Bertz CT molecular complexity index is 769. The molecule has 4 heteroatoms. The van der Waals surface area contributed by atoms with Crippen molar-refractivity contribution < 1.29 is 9.84 Å². The molecule has 4 nitrogen and oxygen atoms in total. The molecule has 0 bridgehead atoms. The monoisotopic (exact) mass is 280 g/mol. The van der Waals surface area contributed by atoms with Gasteiger partial charge in [0.2, 0.25) is 5.88 Å². The molecular formula is C17H16N2O2. The normalized spacial score (nSPS) is 12.3. The van der Waals surface area contributed by atoms with E-state index in [0.29, 0.717) is 5.88 Å². The van der Waals surface area contributed by atoms with Crippen molar-refractivity contribution in [3.05, 3.63) is 65.5 Å². The first-order valence-corrected chi connectivity index (χ1v) is 6.73. The third kappa shape index (κ3) is 2.71. The van der Waals surface area contributed by atoms with Crippen molar-refractivity contribution in [2.75, 3.05) is 7.11 Å². The predicted molar refractivity (Wildman–Crippen MR) is 81.3 cm³/mol. The number of pyridine rings is 2. The molecule has 21 heavy (non-hydrogen) atoms. The zero-order valence-electron chi connectivity index (χ0n) is 11.9. The van der Waals surface area contributed by atoms with Crippen LogP contribution in [-0.2, 0) is 0 Å². The average Bonchev–Trinajstić information content (AvgIpc) is 2.53. The van der Waals surface area contributed by atoms with Crippen LogP contribution in [0.4, 0.5) is 0 Å². The highest BCUT2D eigenvalue weighted by Crippen LogP contribution is 2.25. The number of aliphatic hydroxyl groups is 1. The Balaban J connectivity index is 1.96. The van der Waals surface area contributed by atoms with Crippen molar-refractivity contribution in [3.8, 4) is 5.88 Å². The molecule has 2 aromatic heterocycles. The summed E-state index contributed by atoms with van der Waals surface area (Å²) < 4.78 is 5.02. The van der Waals surface area contributed by atoms with E-state index in [0.717, 1.165) is 27.7 Å². The highest BCUT2D eigenvalue weighted by molar-refractivity contribution is 5.79. The summed E-state index contributed by atoms with van der Waals surface area (Å²) in [6.07, 6.45) is 0.912. The molecule has 1 aromatic carbocycles. The van der Waals surface area contributed by atoms with Crippen LogP contribution >= 0.6 is 0 Å². The zero-order chi connectivity index (χ0) is 14.8. The molecule has 0 saturated carbocycles. The van der Waals surface area contributed by atoms with E-state index in [4.69, 9.17) is 4.74 Å². The topological polar surface area (TPSA) is 55.2 Å². The molecule has 3 rings (SSSR count). The second kappa shape index (κ2) is 5.50. The summed E-state index contributed by atoms with van der Waals surface area (Å²) in [7, 11) is 1.57. The number of hydrogen-bond acceptors (Lipinski definition) is 4. The molecule has 0 aliphatic heterocycles. The van der Waals surface area contributed by atoms with Gasteiger partial charge in [0.05, 0.1) is 12.6 Å². The van der Waals surface area contributed by atoms with Crippen LogP contribution in [0.25, 0.3) is 10.9 Å². The number of benzene rings is 1. The summed E-state index contributed by atoms with van der Waals surface area (Å²) in [5, 5.41) is 11.5. The maximum Gasteiger partial charge on any atom is 0.212 e. The van der Waals surface area contributed by atoms with Crippen LogP contribution in [0, 0.1) is 6.92 Å². The molecule has 106 valence electrons. The van der Waals surface area contributed by atoms with Crippen LogP contribution in [0.5, 0.6) is 5.88 Å². The summed E-state index contributed by atoms with van der Waals surface area (Å²) >= 11 is 0. The van der Waals surface area contributed by atoms with Crippen molar-refractivity contribution in [2.45, 2.75) is 13.0 Å². The Morgan fingerprint density at radius 2 is 1.86 bits per heavy atom. The molecule has 1 unspecified atom stereocenters. The molecule has 2 heterocycles. The fraction of sp³-hybridized carbons (Fsp3) is 0.176. The van der Waals surface area contributed by atoms with Gasteiger partial charge in [0.25, 0.3) is 0 Å². The van der Waals surface area contributed by atoms with Gasteiger partial charge in [-0.25, -0.2) is 4.98 Å². The van der Waals surface area contributed by atoms with Crippen molar-refractivity contribution in [1.29, 1.82) is 0 Å². The van der Waals surface area contributed by atoms with Crippen LogP contribution in [0.2, 0.25) is 0 Å². The van der Waals surface area contributed by atoms with Gasteiger partial charge in [-0.2, -0.15) is 0 Å². The lowest BCUT2D eigenvalue weighted by Crippen LogP contribution is -2.01. The van der Waals surface area contributed by atoms with Crippen molar-refractivity contribution in [3.63, 3.8) is 0 Å². The Morgan fingerprint density at radius 1 is 1.05 bits per heavy atom. The SMILES string of the molecule is COc1ccc(C(O)c2ccc3nc(C)ccc3c2)cn1. The number of aromatic nitrogens is 2. The summed E-state index contributed by atoms with van der Waals surface area (Å²) in [4.78, 5) is 8.58. The van der Waals surface area contributed by atoms with Gasteiger partial charge >= 0.3 is 0 Å². The Kier molecular flexibility index (Phi) is 3.54. The van der Waals surface area contributed by atoms with E-state index in [-0.39, 0.29) is 0 Å². The Labute approximate surface area is 123 Å². The number of rotatable bonds is 3. The van der Waals surface area contributed by atoms with E-state index in [1.165, 1.54) is 0 Å². The second-order valence-electron chi connectivity index (χ2n) is 4.94. The van der Waals surface area contributed by atoms with Gasteiger partial charge in [-0.3, -0.25) is 4.98 Å². The molecule has 0 spiro atoms. The van der Waals surface area contributed by atoms with Crippen LogP contribution < -0.4 is 4.74 Å². The molecule has 0 aliphatic rings. The van der Waals surface area contributed by atoms with Crippen LogP contribution in [0.1, 0.15) is 22.9 Å². The molecule has 0 amide bonds. The largest absolute Gasteiger partial charge is 0.481 e. The molecule has 1 atom stereocenters. The number of aryl methyl sites for hydroxylation is 1. The van der Waals surface area contributed by atoms with Gasteiger partial charge in [0.15, 0.2) is 0 Å². The zero-order valence-corrected chi connectivity index (χ0v) is 11.9. The van der Waals surface area contributed by atoms with Gasteiger partial charge < -0.3 is 9.84 Å². The van der Waals surface area contributed by atoms with E-state index in [2.05, 4.69) is 9.97 Å². The third-order valence-corrected chi connectivity index (χ3v) is 3.45. The van der Waals surface area contributed by atoms with Gasteiger partial charge in [0.1, 0.15) is 6.10 Å². The third-order valence-electron chi connectivity index (χ3n) is 3.45. The molecule has 3 aromatic rings. The van der Waals surface area contributed by atoms with E-state index in [1.807, 2.05) is 43.3 Å². The summed E-state index contributed by atoms with van der Waals surface area (Å²) in [6, 6.07) is 13.3. The maximum absolute atomic E-state index is 10.5. The quantitative estimate of drug-likeness (QED) is 0.801. The smallest absolute Gasteiger partial charge is 0.212 e. The van der Waals surface area contributed by atoms with Gasteiger partial charge in [-0.1, -0.05) is 12.1 Å². The van der Waals surface area contributed by atoms with E-state index in [9.17, 15) is 5.11 Å². The number of methoxy groups -OCH3 is 1. The minimum absolute atomic E-state index is 0.532. The van der Waals surface area contributed by atoms with Gasteiger partial charge in [-0.05, 0) is 36.8 Å². The summed E-state index contributed by atoms with van der Waals surface area (Å²) in [5.41, 5.74) is 3.46. The lowest BCUT2D eigenvalue weighted by Gasteiger charge is -2.12. The molecule has 0 radical (unpaired) electrons. The van der Waals surface area contributed by atoms with Crippen LogP contribution in [-0.4, -0.2) is 22.2 Å². The molecular weight excluding hydrogens is 264 g/mol. The first kappa shape index (κ1) is 13.5. The maximum atomic E-state index is 10.5. The fourth-order valence-corrected chi connectivity index (χ4v) is 2.28. The molecule has 1 N–H and O–H groups in total. The van der Waals surface area contributed by atoms with Crippen LogP contribution in [0.15, 0.2) is 48.7 Å². The highest BCUT2D eigenvalue weighted by Gasteiger charge is 2.12. The van der Waals surface area contributed by atoms with Crippen LogP contribution in [0.3, 0.4) is 0 Å². The lowest BCUT2D eigenvalue weighted by atomic mass is 10.0. The lowest BCUT2D eigenvalue weighted by molar-refractivity contribution is 0.220. The number of aliphatic hydroxyl groups excluding tert-OH is 1. The fourth-order valence-electron chi connectivity index (χ4n) is 2.28. The minimum atomic E-state index is -0.714. The number of fused-ring (bicyclic) bond motifs is 1. The van der Waals surface area contributed by atoms with Crippen molar-refractivity contribution >= 4 is 10.9 Å². The van der Waals surface area contributed by atoms with Gasteiger partial charge in [-0.15, -0.1) is 0 Å². The van der Waals surface area contributed by atoms with E-state index >= 15 is 0 Å². The highest BCUT2D eigenvalue weighted by atomic mass is 16.5. The molecule has 0 saturated heterocycles. The van der Waals surface area contributed by atoms with Crippen molar-refractivity contribution in [1.82, 2.24) is 9.97 Å². The number of hydrogen-bond donors (Lipinski definition) is 1. The first-order chi connectivity index (χ1) is 10.2. The summed E-state index contributed by atoms with van der Waals surface area (Å²) in [6.45, 7) is 1.96.